The summed E-state index contributed by atoms with van der Waals surface area (Å²) in [5.41, 5.74) is 9.21. The van der Waals surface area contributed by atoms with Crippen molar-refractivity contribution in [2.45, 2.75) is 20.3 Å². The predicted octanol–water partition coefficient (Wildman–Crippen LogP) is 2.71. The van der Waals surface area contributed by atoms with Crippen LogP contribution in [0, 0.1) is 6.92 Å². The molecule has 5 nitrogen and oxygen atoms in total. The van der Waals surface area contributed by atoms with E-state index in [1.807, 2.05) is 32.0 Å². The SMILES string of the molecule is CCc1cccc(C)c1NC(=O)CNc1ccccc1C(N)=O. The number of aryl methyl sites for hydroxylation is 2. The summed E-state index contributed by atoms with van der Waals surface area (Å²) in [7, 11) is 0. The van der Waals surface area contributed by atoms with Gasteiger partial charge in [0, 0.05) is 11.4 Å². The maximum absolute atomic E-state index is 12.2. The Balaban J connectivity index is 2.06. The van der Waals surface area contributed by atoms with Gasteiger partial charge in [0.05, 0.1) is 12.1 Å². The van der Waals surface area contributed by atoms with Crippen LogP contribution in [0.4, 0.5) is 11.4 Å². The third-order valence-corrected chi connectivity index (χ3v) is 3.64. The molecule has 0 atom stereocenters. The summed E-state index contributed by atoms with van der Waals surface area (Å²) in [5, 5.41) is 5.89. The van der Waals surface area contributed by atoms with Crippen LogP contribution in [0.5, 0.6) is 0 Å². The van der Waals surface area contributed by atoms with Crippen LogP contribution in [0.1, 0.15) is 28.4 Å². The van der Waals surface area contributed by atoms with Crippen molar-refractivity contribution < 1.29 is 9.59 Å². The fourth-order valence-corrected chi connectivity index (χ4v) is 2.41. The summed E-state index contributed by atoms with van der Waals surface area (Å²) in [6, 6.07) is 12.8. The summed E-state index contributed by atoms with van der Waals surface area (Å²) in [6.07, 6.45) is 0.842. The molecule has 0 aliphatic carbocycles. The second kappa shape index (κ2) is 7.45. The molecule has 0 aliphatic heterocycles. The monoisotopic (exact) mass is 311 g/mol. The summed E-state index contributed by atoms with van der Waals surface area (Å²) in [4.78, 5) is 23.6. The Hall–Kier alpha value is -2.82. The smallest absolute Gasteiger partial charge is 0.250 e. The maximum Gasteiger partial charge on any atom is 0.250 e. The first-order valence-electron chi connectivity index (χ1n) is 7.54. The van der Waals surface area contributed by atoms with Crippen molar-refractivity contribution in [2.24, 2.45) is 5.73 Å². The van der Waals surface area contributed by atoms with Crippen molar-refractivity contribution in [3.63, 3.8) is 0 Å². The van der Waals surface area contributed by atoms with E-state index < -0.39 is 5.91 Å². The lowest BCUT2D eigenvalue weighted by Gasteiger charge is -2.14. The molecule has 0 bridgehead atoms. The van der Waals surface area contributed by atoms with Gasteiger partial charge in [0.2, 0.25) is 5.91 Å². The van der Waals surface area contributed by atoms with Gasteiger partial charge in [-0.3, -0.25) is 9.59 Å². The minimum Gasteiger partial charge on any atom is -0.376 e. The van der Waals surface area contributed by atoms with Gasteiger partial charge in [-0.15, -0.1) is 0 Å². The largest absolute Gasteiger partial charge is 0.376 e. The molecule has 2 aromatic rings. The molecule has 0 aromatic heterocycles. The van der Waals surface area contributed by atoms with Crippen molar-refractivity contribution in [3.05, 3.63) is 59.2 Å². The molecule has 0 radical (unpaired) electrons. The van der Waals surface area contributed by atoms with E-state index in [1.165, 1.54) is 0 Å². The molecule has 2 aromatic carbocycles. The zero-order valence-corrected chi connectivity index (χ0v) is 13.3. The Morgan fingerprint density at radius 2 is 1.83 bits per heavy atom. The zero-order chi connectivity index (χ0) is 16.8. The Kier molecular flexibility index (Phi) is 5.36. The number of primary amides is 1. The minimum atomic E-state index is -0.527. The number of carbonyl (C=O) groups excluding carboxylic acids is 2. The van der Waals surface area contributed by atoms with Crippen LogP contribution in [0.3, 0.4) is 0 Å². The molecule has 0 saturated carbocycles. The highest BCUT2D eigenvalue weighted by Crippen LogP contribution is 2.21. The number of amides is 2. The van der Waals surface area contributed by atoms with Crippen LogP contribution in [-0.2, 0) is 11.2 Å². The second-order valence-electron chi connectivity index (χ2n) is 5.27. The quantitative estimate of drug-likeness (QED) is 0.767. The summed E-state index contributed by atoms with van der Waals surface area (Å²) < 4.78 is 0. The molecule has 0 spiro atoms. The highest BCUT2D eigenvalue weighted by molar-refractivity contribution is 6.00. The molecule has 0 heterocycles. The van der Waals surface area contributed by atoms with Crippen molar-refractivity contribution in [2.75, 3.05) is 17.2 Å². The molecule has 120 valence electrons. The average Bonchev–Trinajstić information content (AvgIpc) is 2.55. The molecule has 0 aliphatic rings. The molecule has 0 unspecified atom stereocenters. The highest BCUT2D eigenvalue weighted by atomic mass is 16.2. The van der Waals surface area contributed by atoms with Gasteiger partial charge in [-0.1, -0.05) is 37.3 Å². The normalized spacial score (nSPS) is 10.2. The Morgan fingerprint density at radius 1 is 1.09 bits per heavy atom. The first kappa shape index (κ1) is 16.5. The average molecular weight is 311 g/mol. The van der Waals surface area contributed by atoms with E-state index in [2.05, 4.69) is 10.6 Å². The Morgan fingerprint density at radius 3 is 2.52 bits per heavy atom. The van der Waals surface area contributed by atoms with Crippen LogP contribution < -0.4 is 16.4 Å². The van der Waals surface area contributed by atoms with Gasteiger partial charge in [-0.2, -0.15) is 0 Å². The Labute approximate surface area is 135 Å². The van der Waals surface area contributed by atoms with E-state index in [1.54, 1.807) is 24.3 Å². The van der Waals surface area contributed by atoms with Crippen LogP contribution in [0.25, 0.3) is 0 Å². The molecule has 2 amide bonds. The molecule has 0 saturated heterocycles. The lowest BCUT2D eigenvalue weighted by molar-refractivity contribution is -0.114. The van der Waals surface area contributed by atoms with Gasteiger partial charge in [0.15, 0.2) is 0 Å². The van der Waals surface area contributed by atoms with Gasteiger partial charge in [0.1, 0.15) is 0 Å². The van der Waals surface area contributed by atoms with E-state index >= 15 is 0 Å². The topological polar surface area (TPSA) is 84.2 Å². The third kappa shape index (κ3) is 4.10. The molecule has 5 heteroatoms. The van der Waals surface area contributed by atoms with Gasteiger partial charge >= 0.3 is 0 Å². The van der Waals surface area contributed by atoms with Crippen LogP contribution in [-0.4, -0.2) is 18.4 Å². The summed E-state index contributed by atoms with van der Waals surface area (Å²) >= 11 is 0. The third-order valence-electron chi connectivity index (χ3n) is 3.64. The molecule has 4 N–H and O–H groups in total. The van der Waals surface area contributed by atoms with E-state index in [4.69, 9.17) is 5.73 Å². The van der Waals surface area contributed by atoms with E-state index in [0.717, 1.165) is 23.2 Å². The molecule has 2 rings (SSSR count). The van der Waals surface area contributed by atoms with Crippen molar-refractivity contribution in [1.82, 2.24) is 0 Å². The molecule has 0 fully saturated rings. The van der Waals surface area contributed by atoms with Crippen LogP contribution >= 0.6 is 0 Å². The summed E-state index contributed by atoms with van der Waals surface area (Å²) in [6.45, 7) is 4.07. The molecular formula is C18H21N3O2. The molecular weight excluding hydrogens is 290 g/mol. The van der Waals surface area contributed by atoms with Crippen molar-refractivity contribution in [3.8, 4) is 0 Å². The number of nitrogens with one attached hydrogen (secondary N) is 2. The number of rotatable bonds is 6. The minimum absolute atomic E-state index is 0.0573. The maximum atomic E-state index is 12.2. The number of anilines is 2. The van der Waals surface area contributed by atoms with Gasteiger partial charge < -0.3 is 16.4 Å². The zero-order valence-electron chi connectivity index (χ0n) is 13.3. The van der Waals surface area contributed by atoms with Crippen molar-refractivity contribution in [1.29, 1.82) is 0 Å². The fraction of sp³-hybridized carbons (Fsp3) is 0.222. The standard InChI is InChI=1S/C18H21N3O2/c1-3-13-8-6-7-12(2)17(13)21-16(22)11-20-15-10-5-4-9-14(15)18(19)23/h4-10,20H,3,11H2,1-2H3,(H2,19,23)(H,21,22). The van der Waals surface area contributed by atoms with Gasteiger partial charge in [-0.05, 0) is 36.6 Å². The van der Waals surface area contributed by atoms with E-state index in [-0.39, 0.29) is 12.5 Å². The lowest BCUT2D eigenvalue weighted by Crippen LogP contribution is -2.24. The summed E-state index contributed by atoms with van der Waals surface area (Å²) in [5.74, 6) is -0.700. The Bertz CT molecular complexity index is 726. The number of hydrogen-bond acceptors (Lipinski definition) is 3. The predicted molar refractivity (Wildman–Crippen MR) is 92.6 cm³/mol. The van der Waals surface area contributed by atoms with Gasteiger partial charge in [-0.25, -0.2) is 0 Å². The highest BCUT2D eigenvalue weighted by Gasteiger charge is 2.11. The lowest BCUT2D eigenvalue weighted by atomic mass is 10.1. The fourth-order valence-electron chi connectivity index (χ4n) is 2.41. The number of carbonyl (C=O) groups is 2. The van der Waals surface area contributed by atoms with E-state index in [0.29, 0.717) is 11.3 Å². The first-order valence-corrected chi connectivity index (χ1v) is 7.54. The first-order chi connectivity index (χ1) is 11.0. The van der Waals surface area contributed by atoms with Crippen LogP contribution in [0.2, 0.25) is 0 Å². The second-order valence-corrected chi connectivity index (χ2v) is 5.27. The van der Waals surface area contributed by atoms with Crippen molar-refractivity contribution >= 4 is 23.2 Å². The molecule has 23 heavy (non-hydrogen) atoms. The number of benzene rings is 2. The number of hydrogen-bond donors (Lipinski definition) is 3. The number of para-hydroxylation sites is 2. The van der Waals surface area contributed by atoms with Crippen LogP contribution in [0.15, 0.2) is 42.5 Å². The van der Waals surface area contributed by atoms with E-state index in [9.17, 15) is 9.59 Å². The number of nitrogens with two attached hydrogens (primary N) is 1. The van der Waals surface area contributed by atoms with Gasteiger partial charge in [0.25, 0.3) is 5.91 Å².